The van der Waals surface area contributed by atoms with Crippen molar-refractivity contribution in [3.8, 4) is 0 Å². The number of carbonyl (C=O) groups excluding carboxylic acids is 3. The molecule has 4 aliphatic carbocycles. The van der Waals surface area contributed by atoms with E-state index in [9.17, 15) is 14.4 Å². The number of ketones is 2. The van der Waals surface area contributed by atoms with Gasteiger partial charge in [0, 0.05) is 28.2 Å². The third-order valence-corrected chi connectivity index (χ3v) is 11.0. The van der Waals surface area contributed by atoms with Crippen LogP contribution in [0.15, 0.2) is 35.2 Å². The van der Waals surface area contributed by atoms with Crippen molar-refractivity contribution >= 4 is 17.5 Å². The molecule has 6 nitrogen and oxygen atoms in total. The van der Waals surface area contributed by atoms with Gasteiger partial charge in [-0.25, -0.2) is 4.79 Å². The molecule has 2 saturated heterocycles. The van der Waals surface area contributed by atoms with E-state index in [0.717, 1.165) is 24.8 Å². The molecular formula is C26H28O6. The van der Waals surface area contributed by atoms with Crippen molar-refractivity contribution in [2.24, 2.45) is 39.4 Å². The van der Waals surface area contributed by atoms with Gasteiger partial charge < -0.3 is 13.9 Å². The zero-order valence-electron chi connectivity index (χ0n) is 18.8. The zero-order valence-corrected chi connectivity index (χ0v) is 18.8. The summed E-state index contributed by atoms with van der Waals surface area (Å²) in [6.45, 7) is 8.32. The second-order valence-corrected chi connectivity index (χ2v) is 11.8. The quantitative estimate of drug-likeness (QED) is 0.492. The molecule has 0 aromatic carbocycles. The summed E-state index contributed by atoms with van der Waals surface area (Å²) in [6.07, 6.45) is 8.25. The van der Waals surface area contributed by atoms with Crippen LogP contribution in [-0.4, -0.2) is 29.2 Å². The van der Waals surface area contributed by atoms with Gasteiger partial charge in [-0.1, -0.05) is 26.8 Å². The van der Waals surface area contributed by atoms with Crippen LogP contribution in [0.25, 0.3) is 0 Å². The van der Waals surface area contributed by atoms with Crippen molar-refractivity contribution in [2.45, 2.75) is 64.8 Å². The van der Waals surface area contributed by atoms with Crippen molar-refractivity contribution in [1.29, 1.82) is 0 Å². The summed E-state index contributed by atoms with van der Waals surface area (Å²) in [7, 11) is 0. The standard InChI is InChI=1S/C26H28O6/c1-22(2)17(27)7-9-23(3)16-6-5-14-18(13-8-10-30-12-13)31-21(29)20-26(14,32-20)24(16,4)19(28)15-11-25(15,22)23/h7-10,12,14-16,18,20H,5-6,11H2,1-4H3. The van der Waals surface area contributed by atoms with E-state index in [1.54, 1.807) is 18.6 Å². The smallest absolute Gasteiger partial charge is 0.339 e. The van der Waals surface area contributed by atoms with Crippen LogP contribution < -0.4 is 0 Å². The molecule has 6 heteroatoms. The van der Waals surface area contributed by atoms with E-state index < -0.39 is 28.6 Å². The predicted octanol–water partition coefficient (Wildman–Crippen LogP) is 3.81. The fourth-order valence-electron chi connectivity index (χ4n) is 9.37. The fourth-order valence-corrected chi connectivity index (χ4v) is 9.37. The highest BCUT2D eigenvalue weighted by Crippen LogP contribution is 2.85. The summed E-state index contributed by atoms with van der Waals surface area (Å²) in [4.78, 5) is 40.2. The minimum Gasteiger partial charge on any atom is -0.472 e. The summed E-state index contributed by atoms with van der Waals surface area (Å²) in [5.41, 5.74) is -2.07. The molecule has 0 bridgehead atoms. The molecule has 9 unspecified atom stereocenters. The molecule has 168 valence electrons. The van der Waals surface area contributed by atoms with Gasteiger partial charge >= 0.3 is 5.97 Å². The third-order valence-electron chi connectivity index (χ3n) is 11.0. The summed E-state index contributed by atoms with van der Waals surface area (Å²) in [6, 6.07) is 1.83. The Kier molecular flexibility index (Phi) is 3.09. The fraction of sp³-hybridized carbons (Fsp3) is 0.654. The Bertz CT molecular complexity index is 1130. The van der Waals surface area contributed by atoms with Gasteiger partial charge in [0.15, 0.2) is 11.9 Å². The van der Waals surface area contributed by atoms with Gasteiger partial charge in [-0.05, 0) is 49.7 Å². The second-order valence-electron chi connectivity index (χ2n) is 11.8. The number of hydrogen-bond acceptors (Lipinski definition) is 6. The van der Waals surface area contributed by atoms with Crippen LogP contribution in [0.2, 0.25) is 0 Å². The van der Waals surface area contributed by atoms with Gasteiger partial charge in [-0.2, -0.15) is 0 Å². The maximum atomic E-state index is 14.3. The minimum absolute atomic E-state index is 0.00187. The number of ether oxygens (including phenoxy) is 2. The monoisotopic (exact) mass is 436 g/mol. The average Bonchev–Trinajstić information content (AvgIpc) is 3.63. The number of hydrogen-bond donors (Lipinski definition) is 0. The van der Waals surface area contributed by atoms with Gasteiger partial charge in [0.05, 0.1) is 17.9 Å². The van der Waals surface area contributed by atoms with Gasteiger partial charge in [0.2, 0.25) is 0 Å². The first-order valence-electron chi connectivity index (χ1n) is 11.8. The lowest BCUT2D eigenvalue weighted by Crippen LogP contribution is -2.69. The molecule has 3 heterocycles. The largest absolute Gasteiger partial charge is 0.472 e. The average molecular weight is 437 g/mol. The Hall–Kier alpha value is -2.21. The topological polar surface area (TPSA) is 86.1 Å². The first kappa shape index (κ1) is 19.3. The van der Waals surface area contributed by atoms with Crippen LogP contribution in [0.3, 0.4) is 0 Å². The maximum Gasteiger partial charge on any atom is 0.339 e. The predicted molar refractivity (Wildman–Crippen MR) is 111 cm³/mol. The Labute approximate surface area is 186 Å². The lowest BCUT2D eigenvalue weighted by atomic mass is 9.38. The summed E-state index contributed by atoms with van der Waals surface area (Å²) in [5, 5.41) is 0. The number of furan rings is 1. The molecular weight excluding hydrogens is 408 g/mol. The number of rotatable bonds is 1. The number of epoxide rings is 1. The van der Waals surface area contributed by atoms with Crippen LogP contribution >= 0.6 is 0 Å². The lowest BCUT2D eigenvalue weighted by molar-refractivity contribution is -0.192. The van der Waals surface area contributed by atoms with Crippen molar-refractivity contribution in [1.82, 2.24) is 0 Å². The number of fused-ring (bicyclic) bond motifs is 2. The van der Waals surface area contributed by atoms with E-state index in [-0.39, 0.29) is 46.1 Å². The van der Waals surface area contributed by atoms with Crippen molar-refractivity contribution in [2.75, 3.05) is 0 Å². The molecule has 9 atom stereocenters. The normalized spacial score (nSPS) is 53.9. The summed E-state index contributed by atoms with van der Waals surface area (Å²) >= 11 is 0. The highest BCUT2D eigenvalue weighted by molar-refractivity contribution is 6.02. The Morgan fingerprint density at radius 3 is 2.56 bits per heavy atom. The van der Waals surface area contributed by atoms with E-state index in [2.05, 4.69) is 13.0 Å². The molecule has 0 radical (unpaired) electrons. The Morgan fingerprint density at radius 2 is 1.84 bits per heavy atom. The Balaban J connectivity index is 1.41. The van der Waals surface area contributed by atoms with Gasteiger partial charge in [0.25, 0.3) is 0 Å². The molecule has 2 spiro atoms. The van der Waals surface area contributed by atoms with E-state index in [1.165, 1.54) is 0 Å². The number of cyclic esters (lactones) is 1. The first-order valence-corrected chi connectivity index (χ1v) is 11.8. The first-order chi connectivity index (χ1) is 15.1. The van der Waals surface area contributed by atoms with Crippen molar-refractivity contribution < 1.29 is 28.3 Å². The zero-order chi connectivity index (χ0) is 22.5. The molecule has 5 fully saturated rings. The summed E-state index contributed by atoms with van der Waals surface area (Å²) < 4.78 is 17.4. The molecule has 1 aromatic rings. The highest BCUT2D eigenvalue weighted by atomic mass is 16.7. The number of carbonyl (C=O) groups is 3. The molecule has 2 aliphatic heterocycles. The maximum absolute atomic E-state index is 14.3. The van der Waals surface area contributed by atoms with E-state index in [4.69, 9.17) is 13.9 Å². The third kappa shape index (κ3) is 1.62. The van der Waals surface area contributed by atoms with Gasteiger partial charge in [0.1, 0.15) is 17.5 Å². The molecule has 0 N–H and O–H groups in total. The molecule has 0 amide bonds. The summed E-state index contributed by atoms with van der Waals surface area (Å²) in [5.74, 6) is -0.353. The van der Waals surface area contributed by atoms with Crippen LogP contribution in [0.1, 0.15) is 58.6 Å². The van der Waals surface area contributed by atoms with Crippen molar-refractivity contribution in [3.05, 3.63) is 36.3 Å². The Morgan fingerprint density at radius 1 is 1.06 bits per heavy atom. The van der Waals surface area contributed by atoms with Crippen LogP contribution in [0.4, 0.5) is 0 Å². The lowest BCUT2D eigenvalue weighted by Gasteiger charge is -2.64. The number of allylic oxidation sites excluding steroid dienone is 2. The highest BCUT2D eigenvalue weighted by Gasteiger charge is 2.90. The van der Waals surface area contributed by atoms with E-state index in [1.807, 2.05) is 26.8 Å². The van der Waals surface area contributed by atoms with E-state index >= 15 is 0 Å². The molecule has 3 saturated carbocycles. The van der Waals surface area contributed by atoms with Crippen LogP contribution in [0, 0.1) is 39.4 Å². The van der Waals surface area contributed by atoms with Gasteiger partial charge in [-0.15, -0.1) is 0 Å². The molecule has 7 rings (SSSR count). The minimum atomic E-state index is -0.846. The SMILES string of the molecule is CC1(C)C(=O)C=CC2(C)C3CCC4C(c5ccoc5)OC(=O)C5OC54C3(C)C(=O)C3CC312. The van der Waals surface area contributed by atoms with Crippen molar-refractivity contribution in [3.63, 3.8) is 0 Å². The molecule has 32 heavy (non-hydrogen) atoms. The van der Waals surface area contributed by atoms with Crippen LogP contribution in [-0.2, 0) is 23.9 Å². The molecule has 6 aliphatic rings. The second kappa shape index (κ2) is 5.14. The van der Waals surface area contributed by atoms with Gasteiger partial charge in [-0.3, -0.25) is 9.59 Å². The number of esters is 1. The number of Topliss-reactive ketones (excluding diaryl/α,β-unsaturated/α-hetero) is 1. The van der Waals surface area contributed by atoms with Crippen LogP contribution in [0.5, 0.6) is 0 Å². The molecule has 1 aromatic heterocycles. The van der Waals surface area contributed by atoms with E-state index in [0.29, 0.717) is 0 Å².